The Morgan fingerprint density at radius 3 is 2.14 bits per heavy atom. The van der Waals surface area contributed by atoms with E-state index in [1.807, 2.05) is 30.3 Å². The van der Waals surface area contributed by atoms with E-state index in [1.54, 1.807) is 6.92 Å². The number of guanidine groups is 1. The lowest BCUT2D eigenvalue weighted by Crippen LogP contribution is -2.50. The van der Waals surface area contributed by atoms with E-state index < -0.39 is 77.3 Å². The van der Waals surface area contributed by atoms with Gasteiger partial charge in [0.2, 0.25) is 5.96 Å². The van der Waals surface area contributed by atoms with E-state index in [1.165, 1.54) is 7.05 Å². The van der Waals surface area contributed by atoms with Crippen LogP contribution in [-0.2, 0) is 41.2 Å². The maximum atomic E-state index is 13.9. The van der Waals surface area contributed by atoms with Crippen LogP contribution in [-0.4, -0.2) is 48.2 Å². The Morgan fingerprint density at radius 1 is 0.922 bits per heavy atom. The van der Waals surface area contributed by atoms with E-state index in [2.05, 4.69) is 20.4 Å². The molecule has 3 aromatic rings. The smallest absolute Gasteiger partial charge is 0.433 e. The number of amides is 1. The molecule has 10 nitrogen and oxygen atoms in total. The Morgan fingerprint density at radius 2 is 1.57 bits per heavy atom. The molecule has 0 spiro atoms. The van der Waals surface area contributed by atoms with Crippen molar-refractivity contribution in [3.8, 4) is 0 Å². The zero-order chi connectivity index (χ0) is 37.6. The average Bonchev–Trinajstić information content (AvgIpc) is 3.07. The van der Waals surface area contributed by atoms with Crippen molar-refractivity contribution in [2.45, 2.75) is 63.5 Å². The second-order valence-corrected chi connectivity index (χ2v) is 11.2. The monoisotopic (exact) mass is 733 g/mol. The fraction of sp³-hybridized carbons (Fsp3) is 0.406. The molecule has 19 heteroatoms. The predicted molar refractivity (Wildman–Crippen MR) is 165 cm³/mol. The van der Waals surface area contributed by atoms with Gasteiger partial charge >= 0.3 is 24.6 Å². The van der Waals surface area contributed by atoms with Crippen molar-refractivity contribution in [1.82, 2.24) is 9.88 Å². The van der Waals surface area contributed by atoms with Crippen molar-refractivity contribution in [3.05, 3.63) is 94.3 Å². The maximum absolute atomic E-state index is 13.9. The molecule has 276 valence electrons. The third-order valence-electron chi connectivity index (χ3n) is 7.77. The first kappa shape index (κ1) is 38.9. The van der Waals surface area contributed by atoms with Crippen LogP contribution in [0.4, 0.5) is 50.0 Å². The molecule has 0 saturated carbocycles. The van der Waals surface area contributed by atoms with Gasteiger partial charge in [-0.25, -0.2) is 9.78 Å². The number of rotatable bonds is 10. The molecule has 1 amide bonds. The maximum Gasteiger partial charge on any atom is 0.433 e. The lowest BCUT2D eigenvalue weighted by Gasteiger charge is -2.43. The summed E-state index contributed by atoms with van der Waals surface area (Å²) in [5.74, 6) is -0.608. The number of hydrogen-bond acceptors (Lipinski definition) is 6. The summed E-state index contributed by atoms with van der Waals surface area (Å²) < 4.78 is 135. The highest BCUT2D eigenvalue weighted by Crippen LogP contribution is 2.44. The molecule has 2 aromatic carbocycles. The van der Waals surface area contributed by atoms with E-state index in [9.17, 15) is 44.3 Å². The summed E-state index contributed by atoms with van der Waals surface area (Å²) in [5.41, 5.74) is 1.26. The zero-order valence-electron chi connectivity index (χ0n) is 27.1. The number of anilines is 1. The highest BCUT2D eigenvalue weighted by molar-refractivity contribution is 5.90. The molecular formula is C32H32F9N7O3. The number of nitrogens with two attached hydrogens (primary N) is 1. The molecule has 0 radical (unpaired) electrons. The third kappa shape index (κ3) is 9.86. The number of benzene rings is 2. The van der Waals surface area contributed by atoms with Crippen LogP contribution in [0.15, 0.2) is 76.1 Å². The Bertz CT molecular complexity index is 1680. The van der Waals surface area contributed by atoms with Gasteiger partial charge in [0.15, 0.2) is 0 Å². The molecule has 0 bridgehead atoms. The number of carbonyl (C=O) groups excluding carboxylic acids is 1. The number of ether oxygens (including phenoxy) is 2. The van der Waals surface area contributed by atoms with E-state index in [0.717, 1.165) is 21.4 Å². The molecular weight excluding hydrogens is 701 g/mol. The van der Waals surface area contributed by atoms with Crippen LogP contribution in [0.5, 0.6) is 0 Å². The highest BCUT2D eigenvalue weighted by atomic mass is 19.4. The SMILES string of the molecule is CC[C@@H]1C[C@H](N(Cc2cc(C(F)(F)F)cc(C(F)(F)F)c2)C(N)=NN=NC)c2nc(C(F)(F)F)ccc2N1C(=O)OCCOCc1ccccc1. The summed E-state index contributed by atoms with van der Waals surface area (Å²) >= 11 is 0. The van der Waals surface area contributed by atoms with Gasteiger partial charge in [0.25, 0.3) is 0 Å². The second kappa shape index (κ2) is 15.9. The molecule has 2 heterocycles. The summed E-state index contributed by atoms with van der Waals surface area (Å²) in [4.78, 5) is 19.3. The third-order valence-corrected chi connectivity index (χ3v) is 7.77. The molecule has 0 unspecified atom stereocenters. The zero-order valence-corrected chi connectivity index (χ0v) is 27.1. The van der Waals surface area contributed by atoms with Gasteiger partial charge in [0.05, 0.1) is 48.8 Å². The Kier molecular flexibility index (Phi) is 12.2. The van der Waals surface area contributed by atoms with Crippen LogP contribution in [0, 0.1) is 0 Å². The first-order chi connectivity index (χ1) is 23.9. The quantitative estimate of drug-likeness (QED) is 0.0559. The standard InChI is InChI=1S/C32H32F9N7O3/c1-3-23-16-25(47(28(42)45-46-43-2)17-20-13-21(30(33,34)35)15-22(14-20)31(36,37)38)27-24(9-10-26(44-27)32(39,40)41)48(23)29(49)51-12-11-50-18-19-7-5-4-6-8-19/h4-10,13-15,23,25H,3,11-12,16-18H2,1-2H3,(H2,42,43,45)/t23-,25+/m1/s1. The summed E-state index contributed by atoms with van der Waals surface area (Å²) in [6, 6.07) is 9.39. The fourth-order valence-corrected chi connectivity index (χ4v) is 5.45. The molecule has 2 N–H and O–H groups in total. The van der Waals surface area contributed by atoms with Crippen LogP contribution in [0.3, 0.4) is 0 Å². The van der Waals surface area contributed by atoms with Crippen molar-refractivity contribution in [2.24, 2.45) is 21.2 Å². The number of pyridine rings is 1. The van der Waals surface area contributed by atoms with Crippen molar-refractivity contribution < 1.29 is 53.8 Å². The minimum atomic E-state index is -5.18. The summed E-state index contributed by atoms with van der Waals surface area (Å²) in [5, 5.41) is 10.5. The first-order valence-electron chi connectivity index (χ1n) is 15.3. The van der Waals surface area contributed by atoms with Crippen molar-refractivity contribution >= 4 is 17.7 Å². The van der Waals surface area contributed by atoms with E-state index in [4.69, 9.17) is 15.2 Å². The predicted octanol–water partition coefficient (Wildman–Crippen LogP) is 8.34. The van der Waals surface area contributed by atoms with Crippen molar-refractivity contribution in [3.63, 3.8) is 0 Å². The first-order valence-corrected chi connectivity index (χ1v) is 15.3. The number of alkyl halides is 9. The van der Waals surface area contributed by atoms with E-state index in [0.29, 0.717) is 18.2 Å². The van der Waals surface area contributed by atoms with Gasteiger partial charge in [0.1, 0.15) is 12.3 Å². The minimum Gasteiger partial charge on any atom is -0.447 e. The number of carbonyl (C=O) groups is 1. The topological polar surface area (TPSA) is 118 Å². The summed E-state index contributed by atoms with van der Waals surface area (Å²) in [7, 11) is 1.19. The largest absolute Gasteiger partial charge is 0.447 e. The van der Waals surface area contributed by atoms with Gasteiger partial charge < -0.3 is 20.1 Å². The molecule has 51 heavy (non-hydrogen) atoms. The van der Waals surface area contributed by atoms with Gasteiger partial charge in [-0.15, -0.1) is 0 Å². The molecule has 0 aliphatic carbocycles. The molecule has 2 atom stereocenters. The molecule has 1 aromatic heterocycles. The Balaban J connectivity index is 1.75. The minimum absolute atomic E-state index is 0.0182. The van der Waals surface area contributed by atoms with E-state index in [-0.39, 0.29) is 44.4 Å². The van der Waals surface area contributed by atoms with Gasteiger partial charge in [-0.05, 0) is 59.5 Å². The van der Waals surface area contributed by atoms with Crippen LogP contribution in [0.1, 0.15) is 59.4 Å². The lowest BCUT2D eigenvalue weighted by molar-refractivity contribution is -0.143. The number of nitrogens with zero attached hydrogens (tertiary/aromatic N) is 6. The number of halogens is 9. The van der Waals surface area contributed by atoms with Crippen LogP contribution in [0.2, 0.25) is 0 Å². The second-order valence-electron chi connectivity index (χ2n) is 11.2. The van der Waals surface area contributed by atoms with E-state index >= 15 is 0 Å². The molecule has 1 aliphatic heterocycles. The number of aromatic nitrogens is 1. The van der Waals surface area contributed by atoms with Crippen molar-refractivity contribution in [1.29, 1.82) is 0 Å². The molecule has 4 rings (SSSR count). The molecule has 0 saturated heterocycles. The highest BCUT2D eigenvalue weighted by Gasteiger charge is 2.43. The van der Waals surface area contributed by atoms with Crippen LogP contribution in [0.25, 0.3) is 0 Å². The Hall–Kier alpha value is -4.94. The summed E-state index contributed by atoms with van der Waals surface area (Å²) in [6.07, 6.45) is -16.4. The Labute approximate surface area is 285 Å². The lowest BCUT2D eigenvalue weighted by atomic mass is 9.91. The number of hydrogen-bond donors (Lipinski definition) is 1. The van der Waals surface area contributed by atoms with Crippen LogP contribution < -0.4 is 10.6 Å². The van der Waals surface area contributed by atoms with Crippen LogP contribution >= 0.6 is 0 Å². The van der Waals surface area contributed by atoms with Crippen molar-refractivity contribution in [2.75, 3.05) is 25.2 Å². The summed E-state index contributed by atoms with van der Waals surface area (Å²) in [6.45, 7) is 0.819. The normalized spacial score (nSPS) is 17.1. The molecule has 0 fully saturated rings. The van der Waals surface area contributed by atoms with Gasteiger partial charge in [-0.1, -0.05) is 42.4 Å². The average molecular weight is 734 g/mol. The van der Waals surface area contributed by atoms with Gasteiger partial charge in [-0.2, -0.15) is 44.6 Å². The fourth-order valence-electron chi connectivity index (χ4n) is 5.45. The van der Waals surface area contributed by atoms with Gasteiger partial charge in [-0.3, -0.25) is 4.90 Å². The number of fused-ring (bicyclic) bond motifs is 1. The molecule has 1 aliphatic rings. The van der Waals surface area contributed by atoms with Gasteiger partial charge in [0, 0.05) is 12.6 Å².